The third-order valence-corrected chi connectivity index (χ3v) is 5.16. The Hall–Kier alpha value is -4.33. The monoisotopic (exact) mass is 446 g/mol. The van der Waals surface area contributed by atoms with Crippen LogP contribution in [0.25, 0.3) is 5.69 Å². The summed E-state index contributed by atoms with van der Waals surface area (Å²) in [6.07, 6.45) is 1.54. The highest BCUT2D eigenvalue weighted by atomic mass is 19.1. The number of carbonyl (C=O) groups excluding carboxylic acids is 2. The summed E-state index contributed by atoms with van der Waals surface area (Å²) >= 11 is 0. The van der Waals surface area contributed by atoms with E-state index in [2.05, 4.69) is 16.0 Å². The second kappa shape index (κ2) is 9.44. The molecule has 8 heteroatoms. The van der Waals surface area contributed by atoms with Gasteiger partial charge in [0.2, 0.25) is 0 Å². The Balaban J connectivity index is 1.39. The van der Waals surface area contributed by atoms with E-state index in [0.717, 1.165) is 17.1 Å². The summed E-state index contributed by atoms with van der Waals surface area (Å²) in [4.78, 5) is 24.9. The molecule has 0 radical (unpaired) electrons. The molecule has 0 aliphatic heterocycles. The Bertz CT molecular complexity index is 1260. The first-order valence-electron chi connectivity index (χ1n) is 10.3. The molecule has 33 heavy (non-hydrogen) atoms. The van der Waals surface area contributed by atoms with Gasteiger partial charge in [-0.25, -0.2) is 9.18 Å². The fourth-order valence-corrected chi connectivity index (χ4v) is 3.57. The number of benzene rings is 2. The minimum atomic E-state index is -0.364. The number of furan rings is 1. The summed E-state index contributed by atoms with van der Waals surface area (Å²) in [7, 11) is 0. The fraction of sp³-hybridized carbons (Fsp3) is 0.120. The molecule has 0 aliphatic carbocycles. The molecule has 7 nitrogen and oxygen atoms in total. The molecule has 0 bridgehead atoms. The molecule has 0 saturated heterocycles. The van der Waals surface area contributed by atoms with Gasteiger partial charge >= 0.3 is 6.03 Å². The van der Waals surface area contributed by atoms with Crippen LogP contribution in [0.2, 0.25) is 0 Å². The zero-order chi connectivity index (χ0) is 23.4. The maximum Gasteiger partial charge on any atom is 0.319 e. The van der Waals surface area contributed by atoms with Crippen molar-refractivity contribution in [1.29, 1.82) is 0 Å². The number of urea groups is 1. The molecule has 2 heterocycles. The molecule has 4 rings (SSSR count). The van der Waals surface area contributed by atoms with Crippen LogP contribution < -0.4 is 16.0 Å². The predicted octanol–water partition coefficient (Wildman–Crippen LogP) is 5.40. The van der Waals surface area contributed by atoms with Gasteiger partial charge in [-0.3, -0.25) is 4.79 Å². The molecule has 4 aromatic rings. The lowest BCUT2D eigenvalue weighted by atomic mass is 10.2. The predicted molar refractivity (Wildman–Crippen MR) is 124 cm³/mol. The molecule has 0 fully saturated rings. The number of carbonyl (C=O) groups is 2. The minimum Gasteiger partial charge on any atom is -0.467 e. The number of aryl methyl sites for hydroxylation is 1. The van der Waals surface area contributed by atoms with Crippen molar-refractivity contribution in [3.05, 3.63) is 102 Å². The van der Waals surface area contributed by atoms with Crippen LogP contribution in [-0.2, 0) is 6.54 Å². The summed E-state index contributed by atoms with van der Waals surface area (Å²) in [5.41, 5.74) is 4.10. The molecule has 0 spiro atoms. The van der Waals surface area contributed by atoms with Crippen molar-refractivity contribution in [2.75, 3.05) is 10.6 Å². The summed E-state index contributed by atoms with van der Waals surface area (Å²) in [6, 6.07) is 17.9. The highest BCUT2D eigenvalue weighted by molar-refractivity contribution is 6.05. The lowest BCUT2D eigenvalue weighted by Gasteiger charge is -2.11. The zero-order valence-corrected chi connectivity index (χ0v) is 18.2. The van der Waals surface area contributed by atoms with E-state index >= 15 is 0 Å². The first-order chi connectivity index (χ1) is 15.9. The van der Waals surface area contributed by atoms with Gasteiger partial charge in [-0.15, -0.1) is 0 Å². The van der Waals surface area contributed by atoms with Crippen molar-refractivity contribution in [2.24, 2.45) is 0 Å². The summed E-state index contributed by atoms with van der Waals surface area (Å²) in [5, 5.41) is 8.29. The number of aromatic nitrogens is 1. The van der Waals surface area contributed by atoms with Crippen molar-refractivity contribution in [1.82, 2.24) is 9.88 Å². The van der Waals surface area contributed by atoms with Crippen LogP contribution in [0.15, 0.2) is 77.4 Å². The van der Waals surface area contributed by atoms with Gasteiger partial charge in [-0.2, -0.15) is 0 Å². The molecule has 0 aliphatic rings. The van der Waals surface area contributed by atoms with E-state index in [1.807, 2.05) is 18.4 Å². The van der Waals surface area contributed by atoms with E-state index in [1.54, 1.807) is 60.9 Å². The molecule has 168 valence electrons. The Labute approximate surface area is 190 Å². The van der Waals surface area contributed by atoms with Crippen LogP contribution >= 0.6 is 0 Å². The quantitative estimate of drug-likeness (QED) is 0.371. The normalized spacial score (nSPS) is 10.6. The SMILES string of the molecule is Cc1cc(C(=O)Nc2ccc(NC(=O)NCc3ccco3)cc2)c(C)n1-c1ccc(F)cc1. The lowest BCUT2D eigenvalue weighted by Crippen LogP contribution is -2.27. The number of nitrogens with one attached hydrogen (secondary N) is 3. The molecule has 2 aromatic heterocycles. The first kappa shape index (κ1) is 21.9. The standard InChI is InChI=1S/C25H23FN4O3/c1-16-14-23(17(2)30(16)21-11-5-18(26)6-12-21)24(31)28-19-7-9-20(10-8-19)29-25(32)27-15-22-4-3-13-33-22/h3-14H,15H2,1-2H3,(H,28,31)(H2,27,29,32). The average molecular weight is 446 g/mol. The number of rotatable bonds is 6. The Morgan fingerprint density at radius 2 is 1.61 bits per heavy atom. The van der Waals surface area contributed by atoms with Crippen LogP contribution in [0.3, 0.4) is 0 Å². The van der Waals surface area contributed by atoms with E-state index in [4.69, 9.17) is 4.42 Å². The van der Waals surface area contributed by atoms with Crippen molar-refractivity contribution in [2.45, 2.75) is 20.4 Å². The van der Waals surface area contributed by atoms with Gasteiger partial charge in [0.05, 0.1) is 18.4 Å². The molecule has 0 saturated carbocycles. The average Bonchev–Trinajstić information content (AvgIpc) is 3.42. The van der Waals surface area contributed by atoms with Gasteiger partial charge in [0.25, 0.3) is 5.91 Å². The maximum atomic E-state index is 13.3. The molecule has 3 N–H and O–H groups in total. The topological polar surface area (TPSA) is 88.3 Å². The smallest absolute Gasteiger partial charge is 0.319 e. The Morgan fingerprint density at radius 1 is 0.939 bits per heavy atom. The lowest BCUT2D eigenvalue weighted by molar-refractivity contribution is 0.102. The van der Waals surface area contributed by atoms with Gasteiger partial charge in [-0.1, -0.05) is 0 Å². The number of halogens is 1. The molecule has 2 aromatic carbocycles. The Morgan fingerprint density at radius 3 is 2.24 bits per heavy atom. The van der Waals surface area contributed by atoms with Crippen LogP contribution in [-0.4, -0.2) is 16.5 Å². The second-order valence-electron chi connectivity index (χ2n) is 7.52. The van der Waals surface area contributed by atoms with Gasteiger partial charge in [0.15, 0.2) is 0 Å². The van der Waals surface area contributed by atoms with Crippen molar-refractivity contribution in [3.8, 4) is 5.69 Å². The van der Waals surface area contributed by atoms with Gasteiger partial charge in [-0.05, 0) is 80.6 Å². The largest absolute Gasteiger partial charge is 0.467 e. The number of anilines is 2. The van der Waals surface area contributed by atoms with Crippen molar-refractivity contribution < 1.29 is 18.4 Å². The van der Waals surface area contributed by atoms with Crippen molar-refractivity contribution in [3.63, 3.8) is 0 Å². The minimum absolute atomic E-state index is 0.256. The van der Waals surface area contributed by atoms with Gasteiger partial charge in [0, 0.05) is 28.5 Å². The number of hydrogen-bond acceptors (Lipinski definition) is 3. The van der Waals surface area contributed by atoms with Crippen LogP contribution in [0.4, 0.5) is 20.6 Å². The maximum absolute atomic E-state index is 13.3. The number of hydrogen-bond donors (Lipinski definition) is 3. The third kappa shape index (κ3) is 5.12. The molecular formula is C25H23FN4O3. The molecule has 3 amide bonds. The molecular weight excluding hydrogens is 423 g/mol. The highest BCUT2D eigenvalue weighted by Gasteiger charge is 2.17. The fourth-order valence-electron chi connectivity index (χ4n) is 3.57. The van der Waals surface area contributed by atoms with Crippen LogP contribution in [0, 0.1) is 19.7 Å². The van der Waals surface area contributed by atoms with E-state index in [0.29, 0.717) is 22.7 Å². The van der Waals surface area contributed by atoms with Crippen LogP contribution in [0.1, 0.15) is 27.5 Å². The summed E-state index contributed by atoms with van der Waals surface area (Å²) < 4.78 is 20.3. The van der Waals surface area contributed by atoms with E-state index in [1.165, 1.54) is 12.1 Å². The number of nitrogens with zero attached hydrogens (tertiary/aromatic N) is 1. The summed E-state index contributed by atoms with van der Waals surface area (Å²) in [5.74, 6) is 0.0856. The Kier molecular flexibility index (Phi) is 6.26. The second-order valence-corrected chi connectivity index (χ2v) is 7.52. The van der Waals surface area contributed by atoms with Gasteiger partial charge in [0.1, 0.15) is 11.6 Å². The number of amides is 3. The third-order valence-electron chi connectivity index (χ3n) is 5.16. The molecule has 0 unspecified atom stereocenters. The van der Waals surface area contributed by atoms with Crippen molar-refractivity contribution >= 4 is 23.3 Å². The zero-order valence-electron chi connectivity index (χ0n) is 18.2. The van der Waals surface area contributed by atoms with Gasteiger partial charge < -0.3 is 24.9 Å². The van der Waals surface area contributed by atoms with E-state index < -0.39 is 0 Å². The van der Waals surface area contributed by atoms with E-state index in [-0.39, 0.29) is 24.3 Å². The summed E-state index contributed by atoms with van der Waals surface area (Å²) in [6.45, 7) is 4.02. The van der Waals surface area contributed by atoms with Crippen LogP contribution in [0.5, 0.6) is 0 Å². The first-order valence-corrected chi connectivity index (χ1v) is 10.3. The van der Waals surface area contributed by atoms with E-state index in [9.17, 15) is 14.0 Å². The molecule has 0 atom stereocenters. The highest BCUT2D eigenvalue weighted by Crippen LogP contribution is 2.22.